The number of para-hydroxylation sites is 1. The minimum atomic E-state index is -0.226. The van der Waals surface area contributed by atoms with Crippen molar-refractivity contribution in [1.82, 2.24) is 4.98 Å². The van der Waals surface area contributed by atoms with Gasteiger partial charge in [-0.2, -0.15) is 0 Å². The molecule has 3 aromatic carbocycles. The molecule has 1 aromatic heterocycles. The van der Waals surface area contributed by atoms with E-state index in [1.165, 1.54) is 0 Å². The molecule has 0 aliphatic heterocycles. The fourth-order valence-corrected chi connectivity index (χ4v) is 4.01. The summed E-state index contributed by atoms with van der Waals surface area (Å²) in [6.45, 7) is 1.94. The lowest BCUT2D eigenvalue weighted by molar-refractivity contribution is 0.102. The van der Waals surface area contributed by atoms with Gasteiger partial charge in [-0.05, 0) is 48.9 Å². The molecule has 4 rings (SSSR count). The van der Waals surface area contributed by atoms with E-state index in [9.17, 15) is 4.79 Å². The lowest BCUT2D eigenvalue weighted by Gasteiger charge is -2.08. The number of thiazole rings is 1. The lowest BCUT2D eigenvalue weighted by Crippen LogP contribution is -2.12. The summed E-state index contributed by atoms with van der Waals surface area (Å²) < 4.78 is 1.14. The topological polar surface area (TPSA) is 42.0 Å². The summed E-state index contributed by atoms with van der Waals surface area (Å²) in [6.07, 6.45) is 0. The Morgan fingerprint density at radius 3 is 2.69 bits per heavy atom. The van der Waals surface area contributed by atoms with Crippen molar-refractivity contribution >= 4 is 44.7 Å². The molecule has 0 fully saturated rings. The number of anilines is 1. The van der Waals surface area contributed by atoms with Crippen LogP contribution in [0.25, 0.3) is 20.8 Å². The maximum absolute atomic E-state index is 12.5. The molecule has 4 aromatic rings. The van der Waals surface area contributed by atoms with Crippen molar-refractivity contribution < 1.29 is 4.79 Å². The van der Waals surface area contributed by atoms with E-state index in [0.29, 0.717) is 16.3 Å². The van der Waals surface area contributed by atoms with Gasteiger partial charge >= 0.3 is 0 Å². The Balaban J connectivity index is 1.62. The van der Waals surface area contributed by atoms with Crippen molar-refractivity contribution in [3.8, 4) is 10.6 Å². The van der Waals surface area contributed by atoms with Crippen molar-refractivity contribution in [3.05, 3.63) is 82.9 Å². The quantitative estimate of drug-likeness (QED) is 0.462. The molecule has 0 atom stereocenters. The molecule has 0 aliphatic rings. The molecule has 0 saturated heterocycles. The summed E-state index contributed by atoms with van der Waals surface area (Å²) in [5.74, 6) is -0.226. The Hall–Kier alpha value is -2.69. The minimum Gasteiger partial charge on any atom is -0.322 e. The Bertz CT molecular complexity index is 1090. The fourth-order valence-electron chi connectivity index (χ4n) is 2.73. The van der Waals surface area contributed by atoms with Gasteiger partial charge in [0.25, 0.3) is 5.91 Å². The van der Waals surface area contributed by atoms with E-state index >= 15 is 0 Å². The molecule has 0 unspecified atom stereocenters. The summed E-state index contributed by atoms with van der Waals surface area (Å²) in [6, 6.07) is 21.1. The maximum atomic E-state index is 12.5. The number of fused-ring (bicyclic) bond motifs is 1. The molecular formula is C21H15ClN2OS. The Morgan fingerprint density at radius 1 is 1.04 bits per heavy atom. The summed E-state index contributed by atoms with van der Waals surface area (Å²) in [7, 11) is 0. The van der Waals surface area contributed by atoms with E-state index in [0.717, 1.165) is 26.4 Å². The van der Waals surface area contributed by atoms with E-state index in [1.54, 1.807) is 23.5 Å². The normalized spacial score (nSPS) is 10.8. The number of rotatable bonds is 3. The van der Waals surface area contributed by atoms with E-state index in [2.05, 4.69) is 16.4 Å². The third-order valence-corrected chi connectivity index (χ3v) is 5.43. The molecule has 128 valence electrons. The molecule has 1 N–H and O–H groups in total. The van der Waals surface area contributed by atoms with Crippen LogP contribution in [0.1, 0.15) is 15.9 Å². The Labute approximate surface area is 160 Å². The highest BCUT2D eigenvalue weighted by atomic mass is 35.5. The third kappa shape index (κ3) is 3.34. The predicted octanol–water partition coefficient (Wildman–Crippen LogP) is 6.18. The minimum absolute atomic E-state index is 0.226. The summed E-state index contributed by atoms with van der Waals surface area (Å²) in [5.41, 5.74) is 4.14. The Morgan fingerprint density at radius 2 is 1.88 bits per heavy atom. The van der Waals surface area contributed by atoms with Crippen LogP contribution in [0.2, 0.25) is 5.02 Å². The molecule has 3 nitrogen and oxygen atoms in total. The second-order valence-electron chi connectivity index (χ2n) is 6.00. The van der Waals surface area contributed by atoms with Crippen LogP contribution >= 0.6 is 22.9 Å². The smallest absolute Gasteiger partial charge is 0.257 e. The van der Waals surface area contributed by atoms with Crippen LogP contribution in [0.15, 0.2) is 66.7 Å². The van der Waals surface area contributed by atoms with Crippen LogP contribution in [-0.4, -0.2) is 10.9 Å². The number of halogens is 1. The van der Waals surface area contributed by atoms with Gasteiger partial charge in [-0.1, -0.05) is 41.9 Å². The van der Waals surface area contributed by atoms with Gasteiger partial charge < -0.3 is 5.32 Å². The first-order valence-corrected chi connectivity index (χ1v) is 9.33. The van der Waals surface area contributed by atoms with Crippen molar-refractivity contribution in [2.75, 3.05) is 5.32 Å². The number of hydrogen-bond acceptors (Lipinski definition) is 3. The van der Waals surface area contributed by atoms with Crippen molar-refractivity contribution in [2.45, 2.75) is 6.92 Å². The molecule has 5 heteroatoms. The standard InChI is InChI=1S/C21H15ClN2OS/c1-13-9-10-16(17(22)11-13)20(25)23-15-6-4-5-14(12-15)21-24-18-7-2-3-8-19(18)26-21/h2-12H,1H3,(H,23,25). The van der Waals surface area contributed by atoms with Crippen LogP contribution in [0.4, 0.5) is 5.69 Å². The highest BCUT2D eigenvalue weighted by Gasteiger charge is 2.12. The van der Waals surface area contributed by atoms with Gasteiger partial charge in [-0.3, -0.25) is 4.79 Å². The van der Waals surface area contributed by atoms with Crippen LogP contribution in [0, 0.1) is 6.92 Å². The third-order valence-electron chi connectivity index (χ3n) is 4.03. The monoisotopic (exact) mass is 378 g/mol. The Kier molecular flexibility index (Phi) is 4.45. The summed E-state index contributed by atoms with van der Waals surface area (Å²) >= 11 is 7.83. The molecule has 0 radical (unpaired) electrons. The average Bonchev–Trinajstić information content (AvgIpc) is 3.06. The van der Waals surface area contributed by atoms with Crippen molar-refractivity contribution in [1.29, 1.82) is 0 Å². The average molecular weight is 379 g/mol. The molecule has 0 aliphatic carbocycles. The van der Waals surface area contributed by atoms with Crippen LogP contribution in [-0.2, 0) is 0 Å². The zero-order valence-corrected chi connectivity index (χ0v) is 15.6. The second-order valence-corrected chi connectivity index (χ2v) is 7.44. The van der Waals surface area contributed by atoms with Crippen molar-refractivity contribution in [3.63, 3.8) is 0 Å². The van der Waals surface area contributed by atoms with Crippen LogP contribution in [0.5, 0.6) is 0 Å². The predicted molar refractivity (Wildman–Crippen MR) is 109 cm³/mol. The van der Waals surface area contributed by atoms with Gasteiger partial charge in [-0.15, -0.1) is 11.3 Å². The van der Waals surface area contributed by atoms with Gasteiger partial charge in [-0.25, -0.2) is 4.98 Å². The molecular weight excluding hydrogens is 364 g/mol. The number of aromatic nitrogens is 1. The first-order valence-electron chi connectivity index (χ1n) is 8.14. The number of hydrogen-bond donors (Lipinski definition) is 1. The van der Waals surface area contributed by atoms with Gasteiger partial charge in [0.15, 0.2) is 0 Å². The SMILES string of the molecule is Cc1ccc(C(=O)Nc2cccc(-c3nc4ccccc4s3)c2)c(Cl)c1. The number of carbonyl (C=O) groups excluding carboxylic acids is 1. The fraction of sp³-hybridized carbons (Fsp3) is 0.0476. The van der Waals surface area contributed by atoms with E-state index < -0.39 is 0 Å². The molecule has 26 heavy (non-hydrogen) atoms. The second kappa shape index (κ2) is 6.90. The van der Waals surface area contributed by atoms with Crippen molar-refractivity contribution in [2.24, 2.45) is 0 Å². The number of nitrogens with zero attached hydrogens (tertiary/aromatic N) is 1. The molecule has 0 bridgehead atoms. The highest BCUT2D eigenvalue weighted by molar-refractivity contribution is 7.21. The van der Waals surface area contributed by atoms with Gasteiger partial charge in [0.05, 0.1) is 20.8 Å². The first kappa shape index (κ1) is 16.8. The molecule has 1 heterocycles. The molecule has 0 spiro atoms. The van der Waals surface area contributed by atoms with E-state index in [1.807, 2.05) is 55.5 Å². The van der Waals surface area contributed by atoms with Crippen LogP contribution < -0.4 is 5.32 Å². The van der Waals surface area contributed by atoms with E-state index in [4.69, 9.17) is 11.6 Å². The largest absolute Gasteiger partial charge is 0.322 e. The highest BCUT2D eigenvalue weighted by Crippen LogP contribution is 2.31. The molecule has 0 saturated carbocycles. The molecule has 1 amide bonds. The zero-order chi connectivity index (χ0) is 18.1. The lowest BCUT2D eigenvalue weighted by atomic mass is 10.1. The summed E-state index contributed by atoms with van der Waals surface area (Å²) in [5, 5.41) is 4.29. The van der Waals surface area contributed by atoms with E-state index in [-0.39, 0.29) is 5.91 Å². The number of amides is 1. The summed E-state index contributed by atoms with van der Waals surface area (Å²) in [4.78, 5) is 17.2. The number of nitrogens with one attached hydrogen (secondary N) is 1. The van der Waals surface area contributed by atoms with Crippen LogP contribution in [0.3, 0.4) is 0 Å². The first-order chi connectivity index (χ1) is 12.6. The number of carbonyl (C=O) groups is 1. The van der Waals surface area contributed by atoms with Gasteiger partial charge in [0, 0.05) is 11.3 Å². The number of aryl methyl sites for hydroxylation is 1. The number of benzene rings is 3. The maximum Gasteiger partial charge on any atom is 0.257 e. The van der Waals surface area contributed by atoms with Gasteiger partial charge in [0.1, 0.15) is 5.01 Å². The zero-order valence-electron chi connectivity index (χ0n) is 14.0. The van der Waals surface area contributed by atoms with Gasteiger partial charge in [0.2, 0.25) is 0 Å².